The van der Waals surface area contributed by atoms with Gasteiger partial charge in [0.25, 0.3) is 0 Å². The van der Waals surface area contributed by atoms with Crippen LogP contribution in [0.3, 0.4) is 0 Å². The largest absolute Gasteiger partial charge is 0.505 e. The number of sulfonamides is 1. The lowest BCUT2D eigenvalue weighted by Gasteiger charge is -2.31. The van der Waals surface area contributed by atoms with Crippen molar-refractivity contribution in [3.8, 4) is 5.75 Å². The van der Waals surface area contributed by atoms with Crippen LogP contribution in [0.1, 0.15) is 45.4 Å². The summed E-state index contributed by atoms with van der Waals surface area (Å²) in [5, 5.41) is 9.93. The Kier molecular flexibility index (Phi) is 5.52. The van der Waals surface area contributed by atoms with Crippen LogP contribution in [0, 0.1) is 5.92 Å². The molecule has 0 saturated heterocycles. The second kappa shape index (κ2) is 6.99. The lowest BCUT2D eigenvalue weighted by atomic mass is 9.82. The summed E-state index contributed by atoms with van der Waals surface area (Å²) in [5.74, 6) is -0.00521. The maximum Gasteiger partial charge on any atom is 0.244 e. The van der Waals surface area contributed by atoms with Crippen molar-refractivity contribution in [2.24, 2.45) is 5.92 Å². The van der Waals surface area contributed by atoms with Gasteiger partial charge in [-0.3, -0.25) is 0 Å². The van der Waals surface area contributed by atoms with Gasteiger partial charge < -0.3 is 5.11 Å². The van der Waals surface area contributed by atoms with Gasteiger partial charge in [-0.25, -0.2) is 13.1 Å². The molecule has 6 heteroatoms. The van der Waals surface area contributed by atoms with Crippen LogP contribution in [0.15, 0.2) is 23.1 Å². The molecule has 0 aromatic heterocycles. The van der Waals surface area contributed by atoms with Gasteiger partial charge in [-0.1, -0.05) is 43.9 Å². The van der Waals surface area contributed by atoms with Gasteiger partial charge in [0, 0.05) is 6.04 Å². The third kappa shape index (κ3) is 3.90. The molecule has 1 aliphatic carbocycles. The van der Waals surface area contributed by atoms with Gasteiger partial charge in [-0.2, -0.15) is 0 Å². The molecule has 1 aliphatic rings. The number of phenolic OH excluding ortho intramolecular Hbond substituents is 1. The summed E-state index contributed by atoms with van der Waals surface area (Å²) in [6.07, 6.45) is 6.17. The first-order valence-corrected chi connectivity index (χ1v) is 9.31. The van der Waals surface area contributed by atoms with Crippen LogP contribution in [0.25, 0.3) is 0 Å². The molecular weight excluding hydrogens is 310 g/mol. The van der Waals surface area contributed by atoms with E-state index in [0.29, 0.717) is 5.92 Å². The van der Waals surface area contributed by atoms with Crippen molar-refractivity contribution in [3.05, 3.63) is 23.2 Å². The summed E-state index contributed by atoms with van der Waals surface area (Å²) in [6.45, 7) is 2.11. The lowest BCUT2D eigenvalue weighted by molar-refractivity contribution is 0.272. The Bertz CT molecular complexity index is 587. The highest BCUT2D eigenvalue weighted by Gasteiger charge is 2.30. The van der Waals surface area contributed by atoms with Crippen LogP contribution in [0.5, 0.6) is 5.75 Å². The zero-order valence-electron chi connectivity index (χ0n) is 12.2. The number of phenols is 1. The third-order valence-electron chi connectivity index (χ3n) is 4.11. The van der Waals surface area contributed by atoms with E-state index in [1.165, 1.54) is 18.2 Å². The van der Waals surface area contributed by atoms with E-state index in [9.17, 15) is 13.5 Å². The maximum atomic E-state index is 12.5. The Labute approximate surface area is 131 Å². The normalized spacial score (nSPS) is 23.1. The first-order chi connectivity index (χ1) is 9.95. The van der Waals surface area contributed by atoms with Crippen molar-refractivity contribution in [2.45, 2.75) is 56.4 Å². The standard InChI is InChI=1S/C15H22ClNO3S/c1-2-6-11-7-3-4-9-13(11)17-21(19,20)14-10-5-8-12(16)15(14)18/h5,8,10-11,13,17-18H,2-4,6-7,9H2,1H3. The molecule has 0 spiro atoms. The minimum Gasteiger partial charge on any atom is -0.505 e. The molecule has 0 amide bonds. The predicted molar refractivity (Wildman–Crippen MR) is 84.1 cm³/mol. The minimum absolute atomic E-state index is 0.0478. The highest BCUT2D eigenvalue weighted by Crippen LogP contribution is 2.33. The molecule has 0 radical (unpaired) electrons. The second-order valence-corrected chi connectivity index (χ2v) is 7.74. The number of para-hydroxylation sites is 1. The van der Waals surface area contributed by atoms with E-state index in [-0.39, 0.29) is 21.7 Å². The van der Waals surface area contributed by atoms with Crippen molar-refractivity contribution >= 4 is 21.6 Å². The van der Waals surface area contributed by atoms with Gasteiger partial charge in [0.05, 0.1) is 5.02 Å². The molecule has 2 rings (SSSR count). The Morgan fingerprint density at radius 3 is 2.76 bits per heavy atom. The average Bonchev–Trinajstić information content (AvgIpc) is 2.44. The topological polar surface area (TPSA) is 66.4 Å². The molecule has 2 unspecified atom stereocenters. The smallest absolute Gasteiger partial charge is 0.244 e. The van der Waals surface area contributed by atoms with Crippen LogP contribution >= 0.6 is 11.6 Å². The fraction of sp³-hybridized carbons (Fsp3) is 0.600. The number of benzene rings is 1. The molecule has 4 nitrogen and oxygen atoms in total. The summed E-state index contributed by atoms with van der Waals surface area (Å²) in [5.41, 5.74) is 0. The van der Waals surface area contributed by atoms with Gasteiger partial charge in [-0.05, 0) is 37.3 Å². The van der Waals surface area contributed by atoms with Gasteiger partial charge in [-0.15, -0.1) is 0 Å². The molecule has 0 bridgehead atoms. The zero-order valence-corrected chi connectivity index (χ0v) is 13.8. The summed E-state index contributed by atoms with van der Waals surface area (Å²) < 4.78 is 27.8. The summed E-state index contributed by atoms with van der Waals surface area (Å²) in [6, 6.07) is 4.32. The van der Waals surface area contributed by atoms with E-state index in [0.717, 1.165) is 38.5 Å². The molecule has 2 N–H and O–H groups in total. The van der Waals surface area contributed by atoms with Crippen LogP contribution < -0.4 is 4.72 Å². The number of hydrogen-bond acceptors (Lipinski definition) is 3. The van der Waals surface area contributed by atoms with E-state index in [1.807, 2.05) is 0 Å². The molecule has 1 saturated carbocycles. The highest BCUT2D eigenvalue weighted by atomic mass is 35.5. The minimum atomic E-state index is -3.75. The van der Waals surface area contributed by atoms with Gasteiger partial charge in [0.2, 0.25) is 10.0 Å². The molecule has 21 heavy (non-hydrogen) atoms. The van der Waals surface area contributed by atoms with Gasteiger partial charge >= 0.3 is 0 Å². The van der Waals surface area contributed by atoms with E-state index >= 15 is 0 Å². The first-order valence-electron chi connectivity index (χ1n) is 7.45. The fourth-order valence-corrected chi connectivity index (χ4v) is 4.74. The van der Waals surface area contributed by atoms with E-state index in [4.69, 9.17) is 11.6 Å². The van der Waals surface area contributed by atoms with Crippen molar-refractivity contribution in [3.63, 3.8) is 0 Å². The number of halogens is 1. The fourth-order valence-electron chi connectivity index (χ4n) is 3.05. The maximum absolute atomic E-state index is 12.5. The molecule has 2 atom stereocenters. The van der Waals surface area contributed by atoms with Crippen molar-refractivity contribution < 1.29 is 13.5 Å². The van der Waals surface area contributed by atoms with E-state index in [1.54, 1.807) is 0 Å². The second-order valence-electron chi connectivity index (χ2n) is 5.65. The van der Waals surface area contributed by atoms with E-state index in [2.05, 4.69) is 11.6 Å². The Hall–Kier alpha value is -0.780. The molecule has 118 valence electrons. The summed E-state index contributed by atoms with van der Waals surface area (Å²) in [4.78, 5) is -0.143. The van der Waals surface area contributed by atoms with Crippen molar-refractivity contribution in [2.75, 3.05) is 0 Å². The van der Waals surface area contributed by atoms with Crippen molar-refractivity contribution in [1.82, 2.24) is 4.72 Å². The molecular formula is C15H22ClNO3S. The van der Waals surface area contributed by atoms with Gasteiger partial charge in [0.15, 0.2) is 5.75 Å². The number of aromatic hydroxyl groups is 1. The molecule has 1 aromatic carbocycles. The molecule has 0 heterocycles. The lowest BCUT2D eigenvalue weighted by Crippen LogP contribution is -2.42. The monoisotopic (exact) mass is 331 g/mol. The Morgan fingerprint density at radius 2 is 2.05 bits per heavy atom. The molecule has 0 aliphatic heterocycles. The third-order valence-corrected chi connectivity index (χ3v) is 5.94. The van der Waals surface area contributed by atoms with Gasteiger partial charge in [0.1, 0.15) is 4.90 Å². The van der Waals surface area contributed by atoms with Crippen LogP contribution in [0.2, 0.25) is 5.02 Å². The molecule has 1 fully saturated rings. The summed E-state index contributed by atoms with van der Waals surface area (Å²) >= 11 is 5.80. The van der Waals surface area contributed by atoms with Crippen LogP contribution in [0.4, 0.5) is 0 Å². The SMILES string of the molecule is CCCC1CCCCC1NS(=O)(=O)c1cccc(Cl)c1O. The number of hydrogen-bond donors (Lipinski definition) is 2. The predicted octanol–water partition coefficient (Wildman–Crippen LogP) is 3.68. The van der Waals surface area contributed by atoms with E-state index < -0.39 is 10.0 Å². The highest BCUT2D eigenvalue weighted by molar-refractivity contribution is 7.89. The average molecular weight is 332 g/mol. The quantitative estimate of drug-likeness (QED) is 0.864. The molecule has 1 aromatic rings. The number of nitrogens with one attached hydrogen (secondary N) is 1. The summed E-state index contributed by atoms with van der Waals surface area (Å²) in [7, 11) is -3.75. The van der Waals surface area contributed by atoms with Crippen LogP contribution in [-0.2, 0) is 10.0 Å². The van der Waals surface area contributed by atoms with Crippen molar-refractivity contribution in [1.29, 1.82) is 0 Å². The Morgan fingerprint density at radius 1 is 1.33 bits per heavy atom. The first kappa shape index (κ1) is 16.6. The zero-order chi connectivity index (χ0) is 15.5. The van der Waals surface area contributed by atoms with Crippen LogP contribution in [-0.4, -0.2) is 19.6 Å². The Balaban J connectivity index is 2.21. The number of rotatable bonds is 5.